The lowest BCUT2D eigenvalue weighted by Gasteiger charge is -2.29. The van der Waals surface area contributed by atoms with Crippen molar-refractivity contribution in [3.05, 3.63) is 0 Å². The molecule has 0 radical (unpaired) electrons. The van der Waals surface area contributed by atoms with Gasteiger partial charge in [0.1, 0.15) is 0 Å². The number of carbonyl (C=O) groups is 1. The number of aliphatic hydroxyl groups is 1. The van der Waals surface area contributed by atoms with Gasteiger partial charge in [0.05, 0.1) is 5.25 Å². The van der Waals surface area contributed by atoms with Crippen molar-refractivity contribution in [2.45, 2.75) is 57.7 Å². The normalized spacial score (nSPS) is 32.9. The van der Waals surface area contributed by atoms with Crippen LogP contribution in [0.3, 0.4) is 0 Å². The van der Waals surface area contributed by atoms with Crippen molar-refractivity contribution >= 4 is 17.7 Å². The zero-order chi connectivity index (χ0) is 14.7. The number of nitrogens with one attached hydrogen (secondary N) is 1. The quantitative estimate of drug-likeness (QED) is 0.760. The van der Waals surface area contributed by atoms with Crippen molar-refractivity contribution in [2.75, 3.05) is 12.4 Å². The summed E-state index contributed by atoms with van der Waals surface area (Å²) >= 11 is 1.64. The fraction of sp³-hybridized carbons (Fsp3) is 0.938. The van der Waals surface area contributed by atoms with Gasteiger partial charge in [0.25, 0.3) is 0 Å². The lowest BCUT2D eigenvalue weighted by Crippen LogP contribution is -2.43. The second kappa shape index (κ2) is 7.17. The highest BCUT2D eigenvalue weighted by molar-refractivity contribution is 8.00. The van der Waals surface area contributed by atoms with Gasteiger partial charge in [0.15, 0.2) is 0 Å². The standard InChI is InChI=1S/C16H29NO2S/c1-10(8-18)9-20-12(3)16(19)17-11(2)15-7-13-4-5-14(15)6-13/h10-15,18H,4-9H2,1-3H3,(H,17,19). The Morgan fingerprint density at radius 1 is 1.30 bits per heavy atom. The van der Waals surface area contributed by atoms with Gasteiger partial charge in [0.2, 0.25) is 5.91 Å². The number of fused-ring (bicyclic) bond motifs is 2. The van der Waals surface area contributed by atoms with Crippen LogP contribution < -0.4 is 5.32 Å². The Balaban J connectivity index is 1.73. The molecule has 2 aliphatic rings. The maximum Gasteiger partial charge on any atom is 0.233 e. The van der Waals surface area contributed by atoms with E-state index in [2.05, 4.69) is 12.2 Å². The molecule has 2 saturated carbocycles. The molecule has 2 rings (SSSR count). The lowest BCUT2D eigenvalue weighted by atomic mass is 9.84. The van der Waals surface area contributed by atoms with E-state index in [4.69, 9.17) is 5.11 Å². The number of thioether (sulfide) groups is 1. The minimum absolute atomic E-state index is 0.0231. The summed E-state index contributed by atoms with van der Waals surface area (Å²) in [4.78, 5) is 12.2. The van der Waals surface area contributed by atoms with Crippen molar-refractivity contribution in [1.29, 1.82) is 0 Å². The summed E-state index contributed by atoms with van der Waals surface area (Å²) in [6, 6.07) is 0.316. The Morgan fingerprint density at radius 2 is 2.05 bits per heavy atom. The molecule has 2 bridgehead atoms. The van der Waals surface area contributed by atoms with Crippen LogP contribution in [0.25, 0.3) is 0 Å². The minimum atomic E-state index is -0.0231. The Hall–Kier alpha value is -0.220. The monoisotopic (exact) mass is 299 g/mol. The Morgan fingerprint density at radius 3 is 2.60 bits per heavy atom. The third-order valence-corrected chi connectivity index (χ3v) is 6.59. The first-order valence-corrected chi connectivity index (χ1v) is 9.09. The van der Waals surface area contributed by atoms with E-state index >= 15 is 0 Å². The third kappa shape index (κ3) is 3.91. The highest BCUT2D eigenvalue weighted by Gasteiger charge is 2.42. The molecular weight excluding hydrogens is 270 g/mol. The van der Waals surface area contributed by atoms with Crippen LogP contribution in [-0.2, 0) is 4.79 Å². The summed E-state index contributed by atoms with van der Waals surface area (Å²) in [6.07, 6.45) is 5.49. The molecule has 0 saturated heterocycles. The molecule has 2 aliphatic carbocycles. The maximum atomic E-state index is 12.2. The summed E-state index contributed by atoms with van der Waals surface area (Å²) in [5, 5.41) is 12.2. The van der Waals surface area contributed by atoms with Gasteiger partial charge < -0.3 is 10.4 Å². The van der Waals surface area contributed by atoms with Crippen molar-refractivity contribution in [1.82, 2.24) is 5.32 Å². The third-order valence-electron chi connectivity index (χ3n) is 5.12. The van der Waals surface area contributed by atoms with Gasteiger partial charge in [-0.05, 0) is 62.5 Å². The van der Waals surface area contributed by atoms with Crippen LogP contribution in [0.4, 0.5) is 0 Å². The van der Waals surface area contributed by atoms with Crippen LogP contribution in [0, 0.1) is 23.7 Å². The summed E-state index contributed by atoms with van der Waals surface area (Å²) in [5.41, 5.74) is 0. The van der Waals surface area contributed by atoms with Gasteiger partial charge in [-0.15, -0.1) is 11.8 Å². The van der Waals surface area contributed by atoms with Crippen molar-refractivity contribution in [2.24, 2.45) is 23.7 Å². The molecule has 2 fully saturated rings. The van der Waals surface area contributed by atoms with Crippen LogP contribution in [0.2, 0.25) is 0 Å². The molecule has 3 nitrogen and oxygen atoms in total. The molecule has 1 amide bonds. The van der Waals surface area contributed by atoms with E-state index in [-0.39, 0.29) is 23.7 Å². The number of rotatable bonds is 7. The van der Waals surface area contributed by atoms with Gasteiger partial charge in [-0.3, -0.25) is 4.79 Å². The Kier molecular flexibility index (Phi) is 5.79. The lowest BCUT2D eigenvalue weighted by molar-refractivity contribution is -0.121. The van der Waals surface area contributed by atoms with E-state index < -0.39 is 0 Å². The molecule has 0 heterocycles. The molecule has 0 aromatic rings. The molecule has 6 atom stereocenters. The van der Waals surface area contributed by atoms with Crippen LogP contribution in [-0.4, -0.2) is 34.7 Å². The van der Waals surface area contributed by atoms with Crippen molar-refractivity contribution in [3.63, 3.8) is 0 Å². The predicted octanol–water partition coefficient (Wildman–Crippen LogP) is 2.68. The molecular formula is C16H29NO2S. The van der Waals surface area contributed by atoms with Crippen molar-refractivity contribution in [3.8, 4) is 0 Å². The van der Waals surface area contributed by atoms with E-state index in [0.717, 1.165) is 17.6 Å². The van der Waals surface area contributed by atoms with Crippen LogP contribution in [0.5, 0.6) is 0 Å². The minimum Gasteiger partial charge on any atom is -0.396 e. The summed E-state index contributed by atoms with van der Waals surface area (Å²) in [6.45, 7) is 6.35. The number of amides is 1. The van der Waals surface area contributed by atoms with Gasteiger partial charge in [-0.1, -0.05) is 13.3 Å². The molecule has 4 heteroatoms. The molecule has 0 aromatic carbocycles. The number of aliphatic hydroxyl groups excluding tert-OH is 1. The van der Waals surface area contributed by atoms with Crippen LogP contribution in [0.1, 0.15) is 46.5 Å². The molecule has 0 aliphatic heterocycles. The maximum absolute atomic E-state index is 12.2. The largest absolute Gasteiger partial charge is 0.396 e. The van der Waals surface area contributed by atoms with Gasteiger partial charge in [-0.2, -0.15) is 0 Å². The summed E-state index contributed by atoms with van der Waals surface area (Å²) in [5.74, 6) is 3.75. The smallest absolute Gasteiger partial charge is 0.233 e. The zero-order valence-corrected chi connectivity index (χ0v) is 13.8. The first-order chi connectivity index (χ1) is 9.51. The van der Waals surface area contributed by atoms with Crippen molar-refractivity contribution < 1.29 is 9.90 Å². The molecule has 0 aromatic heterocycles. The fourth-order valence-electron chi connectivity index (χ4n) is 3.79. The topological polar surface area (TPSA) is 49.3 Å². The molecule has 2 N–H and O–H groups in total. The molecule has 6 unspecified atom stereocenters. The first kappa shape index (κ1) is 16.2. The average Bonchev–Trinajstić information content (AvgIpc) is 3.06. The summed E-state index contributed by atoms with van der Waals surface area (Å²) < 4.78 is 0. The summed E-state index contributed by atoms with van der Waals surface area (Å²) in [7, 11) is 0. The van der Waals surface area contributed by atoms with Gasteiger partial charge in [0, 0.05) is 12.6 Å². The molecule has 0 spiro atoms. The van der Waals surface area contributed by atoms with E-state index in [9.17, 15) is 4.79 Å². The van der Waals surface area contributed by atoms with E-state index in [1.807, 2.05) is 13.8 Å². The number of hydrogen-bond acceptors (Lipinski definition) is 3. The second-order valence-corrected chi connectivity index (χ2v) is 8.27. The highest BCUT2D eigenvalue weighted by Crippen LogP contribution is 2.49. The Bertz CT molecular complexity index is 336. The first-order valence-electron chi connectivity index (χ1n) is 8.04. The average molecular weight is 299 g/mol. The highest BCUT2D eigenvalue weighted by atomic mass is 32.2. The van der Waals surface area contributed by atoms with E-state index in [1.165, 1.54) is 25.7 Å². The van der Waals surface area contributed by atoms with Gasteiger partial charge in [-0.25, -0.2) is 0 Å². The Labute approximate surface area is 127 Å². The zero-order valence-electron chi connectivity index (χ0n) is 13.0. The fourth-order valence-corrected chi connectivity index (χ4v) is 4.73. The molecule has 20 heavy (non-hydrogen) atoms. The number of carbonyl (C=O) groups excluding carboxylic acids is 1. The SMILES string of the molecule is CC(CO)CSC(C)C(=O)NC(C)C1CC2CCC1C2. The van der Waals surface area contributed by atoms with E-state index in [1.54, 1.807) is 11.8 Å². The van der Waals surface area contributed by atoms with Crippen LogP contribution in [0.15, 0.2) is 0 Å². The number of hydrogen-bond donors (Lipinski definition) is 2. The van der Waals surface area contributed by atoms with Crippen LogP contribution >= 0.6 is 11.8 Å². The predicted molar refractivity (Wildman–Crippen MR) is 84.7 cm³/mol. The van der Waals surface area contributed by atoms with E-state index in [0.29, 0.717) is 12.0 Å². The molecule has 116 valence electrons. The second-order valence-electron chi connectivity index (χ2n) is 6.90. The van der Waals surface area contributed by atoms with Gasteiger partial charge >= 0.3 is 0 Å².